The summed E-state index contributed by atoms with van der Waals surface area (Å²) in [7, 11) is 0. The third-order valence-corrected chi connectivity index (χ3v) is 4.19. The first kappa shape index (κ1) is 10.4. The number of nitrogens with zero attached hydrogens (tertiary/aromatic N) is 1. The van der Waals surface area contributed by atoms with Gasteiger partial charge in [0.05, 0.1) is 0 Å². The monoisotopic (exact) mass is 196 g/mol. The maximum absolute atomic E-state index is 3.60. The molecule has 0 aromatic rings. The Morgan fingerprint density at radius 1 is 1.36 bits per heavy atom. The molecule has 2 aliphatic rings. The fourth-order valence-corrected chi connectivity index (χ4v) is 3.04. The Kier molecular flexibility index (Phi) is 3.13. The number of hydrogen-bond acceptors (Lipinski definition) is 2. The summed E-state index contributed by atoms with van der Waals surface area (Å²) in [5.74, 6) is 0. The minimum atomic E-state index is 0.537. The molecule has 1 N–H and O–H groups in total. The Morgan fingerprint density at radius 3 is 2.71 bits per heavy atom. The van der Waals surface area contributed by atoms with E-state index in [0.717, 1.165) is 6.04 Å². The van der Waals surface area contributed by atoms with Gasteiger partial charge in [0.2, 0.25) is 0 Å². The second-order valence-electron chi connectivity index (χ2n) is 5.21. The van der Waals surface area contributed by atoms with Gasteiger partial charge in [0.1, 0.15) is 0 Å². The average Bonchev–Trinajstić information content (AvgIpc) is 2.67. The van der Waals surface area contributed by atoms with Gasteiger partial charge in [0, 0.05) is 31.2 Å². The summed E-state index contributed by atoms with van der Waals surface area (Å²) in [5, 5.41) is 3.60. The molecule has 1 saturated heterocycles. The molecule has 1 aliphatic heterocycles. The van der Waals surface area contributed by atoms with Crippen LogP contribution in [0.1, 0.15) is 46.0 Å². The molecule has 2 heteroatoms. The second kappa shape index (κ2) is 4.19. The highest BCUT2D eigenvalue weighted by molar-refractivity contribution is 4.94. The fraction of sp³-hybridized carbons (Fsp3) is 1.00. The van der Waals surface area contributed by atoms with Crippen molar-refractivity contribution >= 4 is 0 Å². The Balaban J connectivity index is 1.96. The molecular weight excluding hydrogens is 172 g/mol. The zero-order valence-electron chi connectivity index (χ0n) is 9.68. The summed E-state index contributed by atoms with van der Waals surface area (Å²) in [5.41, 5.74) is 0.537. The van der Waals surface area contributed by atoms with Gasteiger partial charge in [-0.3, -0.25) is 4.90 Å². The van der Waals surface area contributed by atoms with Gasteiger partial charge in [0.15, 0.2) is 0 Å². The first-order valence-electron chi connectivity index (χ1n) is 6.23. The van der Waals surface area contributed by atoms with Crippen molar-refractivity contribution < 1.29 is 0 Å². The van der Waals surface area contributed by atoms with Crippen LogP contribution in [0, 0.1) is 0 Å². The zero-order valence-corrected chi connectivity index (χ0v) is 9.68. The summed E-state index contributed by atoms with van der Waals surface area (Å²) in [4.78, 5) is 2.74. The van der Waals surface area contributed by atoms with Crippen LogP contribution in [0.2, 0.25) is 0 Å². The molecule has 1 heterocycles. The van der Waals surface area contributed by atoms with Gasteiger partial charge < -0.3 is 5.32 Å². The molecule has 2 nitrogen and oxygen atoms in total. The van der Waals surface area contributed by atoms with Crippen molar-refractivity contribution in [2.45, 2.75) is 57.5 Å². The van der Waals surface area contributed by atoms with Crippen molar-refractivity contribution in [1.29, 1.82) is 0 Å². The maximum atomic E-state index is 3.60. The van der Waals surface area contributed by atoms with Crippen LogP contribution in [0.25, 0.3) is 0 Å². The maximum Gasteiger partial charge on any atom is 0.0193 e. The molecular formula is C12H24N2. The van der Waals surface area contributed by atoms with Crippen LogP contribution in [0.15, 0.2) is 0 Å². The van der Waals surface area contributed by atoms with E-state index in [1.54, 1.807) is 0 Å². The first-order chi connectivity index (χ1) is 6.74. The van der Waals surface area contributed by atoms with Crippen LogP contribution < -0.4 is 5.32 Å². The van der Waals surface area contributed by atoms with Crippen LogP contribution in [0.3, 0.4) is 0 Å². The van der Waals surface area contributed by atoms with E-state index in [9.17, 15) is 0 Å². The van der Waals surface area contributed by atoms with E-state index in [-0.39, 0.29) is 0 Å². The highest BCUT2D eigenvalue weighted by Gasteiger charge is 2.36. The molecule has 1 unspecified atom stereocenters. The molecule has 2 rings (SSSR count). The minimum absolute atomic E-state index is 0.537. The predicted octanol–water partition coefficient (Wildman–Crippen LogP) is 2.00. The molecule has 1 saturated carbocycles. The predicted molar refractivity (Wildman–Crippen MR) is 60.5 cm³/mol. The third-order valence-electron chi connectivity index (χ3n) is 4.19. The first-order valence-corrected chi connectivity index (χ1v) is 6.23. The summed E-state index contributed by atoms with van der Waals surface area (Å²) in [6, 6.07) is 0.737. The molecule has 0 aromatic heterocycles. The molecule has 82 valence electrons. The van der Waals surface area contributed by atoms with E-state index in [4.69, 9.17) is 0 Å². The van der Waals surface area contributed by atoms with E-state index >= 15 is 0 Å². The summed E-state index contributed by atoms with van der Waals surface area (Å²) in [6.45, 7) is 8.48. The SMILES string of the molecule is CCC1CN(C2(C)CCCC2)CCN1. The molecule has 0 aromatic carbocycles. The van der Waals surface area contributed by atoms with Gasteiger partial charge in [-0.2, -0.15) is 0 Å². The highest BCUT2D eigenvalue weighted by Crippen LogP contribution is 2.35. The largest absolute Gasteiger partial charge is 0.311 e. The minimum Gasteiger partial charge on any atom is -0.311 e. The van der Waals surface area contributed by atoms with E-state index in [1.165, 1.54) is 51.7 Å². The Labute approximate surface area is 88.1 Å². The van der Waals surface area contributed by atoms with Crippen LogP contribution in [0.5, 0.6) is 0 Å². The smallest absolute Gasteiger partial charge is 0.0193 e. The van der Waals surface area contributed by atoms with Crippen molar-refractivity contribution in [1.82, 2.24) is 10.2 Å². The van der Waals surface area contributed by atoms with Crippen molar-refractivity contribution in [2.75, 3.05) is 19.6 Å². The lowest BCUT2D eigenvalue weighted by molar-refractivity contribution is 0.0726. The molecule has 1 aliphatic carbocycles. The lowest BCUT2D eigenvalue weighted by Gasteiger charge is -2.44. The van der Waals surface area contributed by atoms with Gasteiger partial charge in [-0.25, -0.2) is 0 Å². The number of nitrogens with one attached hydrogen (secondary N) is 1. The van der Waals surface area contributed by atoms with E-state index in [0.29, 0.717) is 5.54 Å². The topological polar surface area (TPSA) is 15.3 Å². The highest BCUT2D eigenvalue weighted by atomic mass is 15.3. The molecule has 14 heavy (non-hydrogen) atoms. The van der Waals surface area contributed by atoms with Crippen molar-refractivity contribution in [2.24, 2.45) is 0 Å². The quantitative estimate of drug-likeness (QED) is 0.727. The lowest BCUT2D eigenvalue weighted by atomic mass is 9.95. The third kappa shape index (κ3) is 1.96. The van der Waals surface area contributed by atoms with E-state index in [1.807, 2.05) is 0 Å². The van der Waals surface area contributed by atoms with Crippen LogP contribution in [-0.2, 0) is 0 Å². The van der Waals surface area contributed by atoms with E-state index < -0.39 is 0 Å². The zero-order chi connectivity index (χ0) is 10.0. The van der Waals surface area contributed by atoms with Crippen molar-refractivity contribution in [3.05, 3.63) is 0 Å². The van der Waals surface area contributed by atoms with Gasteiger partial charge >= 0.3 is 0 Å². The van der Waals surface area contributed by atoms with E-state index in [2.05, 4.69) is 24.1 Å². The molecule has 0 bridgehead atoms. The van der Waals surface area contributed by atoms with Gasteiger partial charge in [-0.15, -0.1) is 0 Å². The van der Waals surface area contributed by atoms with Crippen molar-refractivity contribution in [3.8, 4) is 0 Å². The average molecular weight is 196 g/mol. The fourth-order valence-electron chi connectivity index (χ4n) is 3.04. The van der Waals surface area contributed by atoms with Crippen LogP contribution in [-0.4, -0.2) is 36.1 Å². The Morgan fingerprint density at radius 2 is 2.07 bits per heavy atom. The molecule has 0 spiro atoms. The summed E-state index contributed by atoms with van der Waals surface area (Å²) < 4.78 is 0. The molecule has 0 radical (unpaired) electrons. The number of hydrogen-bond donors (Lipinski definition) is 1. The normalized spacial score (nSPS) is 33.4. The van der Waals surface area contributed by atoms with Gasteiger partial charge in [0.25, 0.3) is 0 Å². The van der Waals surface area contributed by atoms with Crippen molar-refractivity contribution in [3.63, 3.8) is 0 Å². The summed E-state index contributed by atoms with van der Waals surface area (Å²) >= 11 is 0. The Hall–Kier alpha value is -0.0800. The molecule has 0 amide bonds. The number of rotatable bonds is 2. The van der Waals surface area contributed by atoms with Crippen LogP contribution in [0.4, 0.5) is 0 Å². The number of piperazine rings is 1. The van der Waals surface area contributed by atoms with Gasteiger partial charge in [-0.05, 0) is 26.2 Å². The van der Waals surface area contributed by atoms with Gasteiger partial charge in [-0.1, -0.05) is 19.8 Å². The lowest BCUT2D eigenvalue weighted by Crippen LogP contribution is -2.57. The standard InChI is InChI=1S/C12H24N2/c1-3-11-10-14(9-8-13-11)12(2)6-4-5-7-12/h11,13H,3-10H2,1-2H3. The molecule has 1 atom stereocenters. The van der Waals surface area contributed by atoms with Crippen LogP contribution >= 0.6 is 0 Å². The summed E-state index contributed by atoms with van der Waals surface area (Å²) in [6.07, 6.45) is 6.99. The molecule has 2 fully saturated rings. The second-order valence-corrected chi connectivity index (χ2v) is 5.21. The Bertz CT molecular complexity index is 185.